The maximum absolute atomic E-state index is 11.7. The number of carbonyl (C=O) groups is 2. The van der Waals surface area contributed by atoms with Gasteiger partial charge in [0.1, 0.15) is 11.2 Å². The van der Waals surface area contributed by atoms with Gasteiger partial charge in [0.25, 0.3) is 5.91 Å². The molecule has 0 aromatic carbocycles. The van der Waals surface area contributed by atoms with Crippen molar-refractivity contribution in [1.29, 1.82) is 0 Å². The molecule has 0 saturated heterocycles. The number of aromatic nitrogens is 1. The van der Waals surface area contributed by atoms with Gasteiger partial charge in [-0.25, -0.2) is 4.98 Å². The second-order valence-electron chi connectivity index (χ2n) is 4.12. The van der Waals surface area contributed by atoms with Crippen molar-refractivity contribution in [2.45, 2.75) is 13.8 Å². The number of carbonyl (C=O) groups excluding carboxylic acids is 1. The number of hydrazine groups is 1. The van der Waals surface area contributed by atoms with Crippen LogP contribution in [0.5, 0.6) is 0 Å². The number of hydrogen-bond donors (Lipinski definition) is 2. The largest absolute Gasteiger partial charge is 0.480 e. The normalized spacial score (nSPS) is 10.8. The Hall–Kier alpha value is -2.11. The third-order valence-electron chi connectivity index (χ3n) is 2.36. The lowest BCUT2D eigenvalue weighted by Gasteiger charge is -2.24. The van der Waals surface area contributed by atoms with Gasteiger partial charge in [-0.2, -0.15) is 0 Å². The first-order valence-electron chi connectivity index (χ1n) is 5.05. The minimum Gasteiger partial charge on any atom is -0.480 e. The highest BCUT2D eigenvalue weighted by Gasteiger charge is 2.36. The first-order valence-corrected chi connectivity index (χ1v) is 5.05. The zero-order valence-electron chi connectivity index (χ0n) is 9.97. The summed E-state index contributed by atoms with van der Waals surface area (Å²) in [6.45, 7) is 2.69. The predicted molar refractivity (Wildman–Crippen MR) is 62.2 cm³/mol. The highest BCUT2D eigenvalue weighted by atomic mass is 16.4. The molecule has 0 aliphatic carbocycles. The molecule has 1 aromatic rings. The Morgan fingerprint density at radius 2 is 2.06 bits per heavy atom. The van der Waals surface area contributed by atoms with Gasteiger partial charge < -0.3 is 5.11 Å². The lowest BCUT2D eigenvalue weighted by molar-refractivity contribution is -0.153. The van der Waals surface area contributed by atoms with E-state index in [0.29, 0.717) is 5.82 Å². The van der Waals surface area contributed by atoms with E-state index in [2.05, 4.69) is 10.4 Å². The zero-order chi connectivity index (χ0) is 13.1. The molecule has 17 heavy (non-hydrogen) atoms. The molecule has 0 aliphatic heterocycles. The molecule has 92 valence electrons. The minimum absolute atomic E-state index is 0.530. The fourth-order valence-corrected chi connectivity index (χ4v) is 0.999. The number of carboxylic acid groups (broad SMARTS) is 1. The molecule has 0 fully saturated rings. The number of aliphatic carboxylic acids is 1. The molecular weight excluding hydrogens is 222 g/mol. The van der Waals surface area contributed by atoms with E-state index in [1.165, 1.54) is 18.9 Å². The fourth-order valence-electron chi connectivity index (χ4n) is 0.999. The Balaban J connectivity index is 2.74. The first kappa shape index (κ1) is 13.0. The Labute approximate surface area is 99.2 Å². The highest BCUT2D eigenvalue weighted by molar-refractivity contribution is 6.01. The zero-order valence-corrected chi connectivity index (χ0v) is 9.97. The van der Waals surface area contributed by atoms with E-state index < -0.39 is 17.3 Å². The second kappa shape index (κ2) is 4.82. The van der Waals surface area contributed by atoms with Gasteiger partial charge in [-0.3, -0.25) is 20.0 Å². The molecule has 0 atom stereocenters. The Bertz CT molecular complexity index is 417. The van der Waals surface area contributed by atoms with E-state index in [9.17, 15) is 9.59 Å². The topological polar surface area (TPSA) is 82.5 Å². The van der Waals surface area contributed by atoms with Crippen LogP contribution in [0.4, 0.5) is 5.82 Å². The van der Waals surface area contributed by atoms with Gasteiger partial charge in [-0.15, -0.1) is 0 Å². The van der Waals surface area contributed by atoms with Crippen molar-refractivity contribution < 1.29 is 14.7 Å². The van der Waals surface area contributed by atoms with E-state index in [1.54, 1.807) is 31.4 Å². The van der Waals surface area contributed by atoms with Crippen LogP contribution < -0.4 is 10.4 Å². The number of anilines is 1. The molecular formula is C11H15N3O3. The van der Waals surface area contributed by atoms with Crippen molar-refractivity contribution in [2.75, 3.05) is 12.1 Å². The summed E-state index contributed by atoms with van der Waals surface area (Å²) in [6, 6.07) is 5.22. The number of nitrogens with one attached hydrogen (secondary N) is 1. The molecule has 1 heterocycles. The van der Waals surface area contributed by atoms with Crippen molar-refractivity contribution in [3.8, 4) is 0 Å². The summed E-state index contributed by atoms with van der Waals surface area (Å²) in [5, 5.41) is 10.3. The summed E-state index contributed by atoms with van der Waals surface area (Å²) >= 11 is 0. The minimum atomic E-state index is -1.48. The van der Waals surface area contributed by atoms with Gasteiger partial charge >= 0.3 is 5.97 Å². The monoisotopic (exact) mass is 237 g/mol. The van der Waals surface area contributed by atoms with Gasteiger partial charge in [-0.05, 0) is 26.0 Å². The van der Waals surface area contributed by atoms with Gasteiger partial charge in [0.2, 0.25) is 0 Å². The van der Waals surface area contributed by atoms with Crippen LogP contribution >= 0.6 is 0 Å². The number of rotatable bonds is 4. The number of nitrogens with zero attached hydrogens (tertiary/aromatic N) is 2. The van der Waals surface area contributed by atoms with Gasteiger partial charge in [0.05, 0.1) is 0 Å². The van der Waals surface area contributed by atoms with Crippen molar-refractivity contribution >= 4 is 17.7 Å². The van der Waals surface area contributed by atoms with Crippen LogP contribution in [-0.2, 0) is 9.59 Å². The molecule has 0 bridgehead atoms. The summed E-state index contributed by atoms with van der Waals surface area (Å²) in [4.78, 5) is 26.6. The predicted octanol–water partition coefficient (Wildman–Crippen LogP) is 0.660. The summed E-state index contributed by atoms with van der Waals surface area (Å²) in [6.07, 6.45) is 1.58. The standard InChI is InChI=1S/C11H15N3O3/c1-11(2,10(16)17)9(15)13-14(3)8-6-4-5-7-12-8/h4-7H,1-3H3,(H,13,15)(H,16,17). The molecule has 0 spiro atoms. The Morgan fingerprint density at radius 1 is 1.41 bits per heavy atom. The number of amides is 1. The maximum Gasteiger partial charge on any atom is 0.318 e. The van der Waals surface area contributed by atoms with Crippen LogP contribution in [0, 0.1) is 5.41 Å². The Morgan fingerprint density at radius 3 is 2.53 bits per heavy atom. The van der Waals surface area contributed by atoms with E-state index in [1.807, 2.05) is 0 Å². The number of hydrogen-bond acceptors (Lipinski definition) is 4. The van der Waals surface area contributed by atoms with Crippen molar-refractivity contribution in [1.82, 2.24) is 10.4 Å². The quantitative estimate of drug-likeness (QED) is 0.593. The summed E-state index contributed by atoms with van der Waals surface area (Å²) in [5.74, 6) is -1.25. The van der Waals surface area contributed by atoms with E-state index in [-0.39, 0.29) is 0 Å². The van der Waals surface area contributed by atoms with Crippen molar-refractivity contribution in [2.24, 2.45) is 5.41 Å². The van der Waals surface area contributed by atoms with Gasteiger partial charge in [0.15, 0.2) is 0 Å². The molecule has 6 heteroatoms. The summed E-state index contributed by atoms with van der Waals surface area (Å²) in [7, 11) is 1.60. The molecule has 0 unspecified atom stereocenters. The lowest BCUT2D eigenvalue weighted by Crippen LogP contribution is -2.49. The number of pyridine rings is 1. The summed E-state index contributed by atoms with van der Waals surface area (Å²) < 4.78 is 0. The molecule has 6 nitrogen and oxygen atoms in total. The van der Waals surface area contributed by atoms with Gasteiger partial charge in [-0.1, -0.05) is 6.07 Å². The van der Waals surface area contributed by atoms with Gasteiger partial charge in [0, 0.05) is 13.2 Å². The average molecular weight is 237 g/mol. The average Bonchev–Trinajstić information content (AvgIpc) is 2.29. The smallest absolute Gasteiger partial charge is 0.318 e. The maximum atomic E-state index is 11.7. The third-order valence-corrected chi connectivity index (χ3v) is 2.36. The molecule has 0 aliphatic rings. The number of carboxylic acids is 1. The molecule has 0 radical (unpaired) electrons. The van der Waals surface area contributed by atoms with Crippen LogP contribution in [0.15, 0.2) is 24.4 Å². The first-order chi connectivity index (χ1) is 7.85. The second-order valence-corrected chi connectivity index (χ2v) is 4.12. The van der Waals surface area contributed by atoms with E-state index in [0.717, 1.165) is 0 Å². The SMILES string of the molecule is CN(NC(=O)C(C)(C)C(=O)O)c1ccccn1. The summed E-state index contributed by atoms with van der Waals surface area (Å²) in [5.41, 5.74) is 0.986. The van der Waals surface area contributed by atoms with Crippen LogP contribution in [0.3, 0.4) is 0 Å². The fraction of sp³-hybridized carbons (Fsp3) is 0.364. The molecule has 2 N–H and O–H groups in total. The highest BCUT2D eigenvalue weighted by Crippen LogP contribution is 2.16. The van der Waals surface area contributed by atoms with E-state index in [4.69, 9.17) is 5.11 Å². The lowest BCUT2D eigenvalue weighted by atomic mass is 9.93. The van der Waals surface area contributed by atoms with Crippen LogP contribution in [0.1, 0.15) is 13.8 Å². The molecule has 1 rings (SSSR count). The van der Waals surface area contributed by atoms with Crippen LogP contribution in [0.25, 0.3) is 0 Å². The van der Waals surface area contributed by atoms with Crippen LogP contribution in [-0.4, -0.2) is 29.0 Å². The van der Waals surface area contributed by atoms with Crippen molar-refractivity contribution in [3.63, 3.8) is 0 Å². The molecule has 1 amide bonds. The third kappa shape index (κ3) is 2.93. The van der Waals surface area contributed by atoms with Crippen molar-refractivity contribution in [3.05, 3.63) is 24.4 Å². The van der Waals surface area contributed by atoms with E-state index >= 15 is 0 Å². The molecule has 0 saturated carbocycles. The van der Waals surface area contributed by atoms with Crippen LogP contribution in [0.2, 0.25) is 0 Å². The molecule has 1 aromatic heterocycles. The Kier molecular flexibility index (Phi) is 3.67.